The standard InChI is InChI=1S/C14H22ClN5O/c1-4-12-14(15)13(19(2)18-12)9-20-8-11(17-10-20)7-16-5-6-21-3/h8,10,16H,4-7,9H2,1-3H3. The van der Waals surface area contributed by atoms with Crippen molar-refractivity contribution < 1.29 is 4.74 Å². The second-order valence-corrected chi connectivity index (χ2v) is 5.27. The van der Waals surface area contributed by atoms with E-state index in [2.05, 4.69) is 22.3 Å². The maximum atomic E-state index is 6.36. The molecular weight excluding hydrogens is 290 g/mol. The Hall–Kier alpha value is -1.37. The third-order valence-electron chi connectivity index (χ3n) is 3.31. The summed E-state index contributed by atoms with van der Waals surface area (Å²) in [6.07, 6.45) is 4.68. The quantitative estimate of drug-likeness (QED) is 0.753. The molecule has 0 saturated heterocycles. The van der Waals surface area contributed by atoms with Crippen LogP contribution in [0, 0.1) is 0 Å². The van der Waals surface area contributed by atoms with Crippen molar-refractivity contribution in [2.75, 3.05) is 20.3 Å². The normalized spacial score (nSPS) is 11.2. The molecule has 21 heavy (non-hydrogen) atoms. The Morgan fingerprint density at radius 2 is 2.24 bits per heavy atom. The Balaban J connectivity index is 1.98. The van der Waals surface area contributed by atoms with Crippen molar-refractivity contribution in [1.29, 1.82) is 0 Å². The van der Waals surface area contributed by atoms with E-state index in [4.69, 9.17) is 16.3 Å². The molecule has 0 aliphatic carbocycles. The van der Waals surface area contributed by atoms with E-state index in [0.717, 1.165) is 41.6 Å². The van der Waals surface area contributed by atoms with Crippen LogP contribution >= 0.6 is 11.6 Å². The van der Waals surface area contributed by atoms with Gasteiger partial charge in [0, 0.05) is 33.4 Å². The number of hydrogen-bond donors (Lipinski definition) is 1. The van der Waals surface area contributed by atoms with Crippen LogP contribution in [0.4, 0.5) is 0 Å². The maximum absolute atomic E-state index is 6.36. The van der Waals surface area contributed by atoms with Crippen LogP contribution in [0.1, 0.15) is 24.0 Å². The van der Waals surface area contributed by atoms with Crippen LogP contribution < -0.4 is 5.32 Å². The van der Waals surface area contributed by atoms with Gasteiger partial charge in [0.1, 0.15) is 0 Å². The first-order valence-electron chi connectivity index (χ1n) is 7.06. The molecule has 6 nitrogen and oxygen atoms in total. The second-order valence-electron chi connectivity index (χ2n) is 4.89. The van der Waals surface area contributed by atoms with E-state index in [-0.39, 0.29) is 0 Å². The fourth-order valence-electron chi connectivity index (χ4n) is 2.14. The van der Waals surface area contributed by atoms with Gasteiger partial charge in [0.25, 0.3) is 0 Å². The molecule has 2 aromatic rings. The minimum absolute atomic E-state index is 0.674. The highest BCUT2D eigenvalue weighted by Gasteiger charge is 2.13. The van der Waals surface area contributed by atoms with E-state index in [1.165, 1.54) is 0 Å². The minimum Gasteiger partial charge on any atom is -0.383 e. The highest BCUT2D eigenvalue weighted by atomic mass is 35.5. The molecule has 0 radical (unpaired) electrons. The number of halogens is 1. The van der Waals surface area contributed by atoms with Crippen LogP contribution in [-0.4, -0.2) is 39.6 Å². The number of imidazole rings is 1. The van der Waals surface area contributed by atoms with Gasteiger partial charge in [0.15, 0.2) is 0 Å². The van der Waals surface area contributed by atoms with Gasteiger partial charge in [0.05, 0.1) is 41.6 Å². The average molecular weight is 312 g/mol. The number of aryl methyl sites for hydroxylation is 2. The first kappa shape index (κ1) is 16.0. The van der Waals surface area contributed by atoms with Gasteiger partial charge in [-0.1, -0.05) is 18.5 Å². The van der Waals surface area contributed by atoms with Gasteiger partial charge in [-0.25, -0.2) is 4.98 Å². The number of aromatic nitrogens is 4. The van der Waals surface area contributed by atoms with Crippen molar-refractivity contribution in [3.8, 4) is 0 Å². The van der Waals surface area contributed by atoms with Crippen molar-refractivity contribution in [2.45, 2.75) is 26.4 Å². The molecule has 116 valence electrons. The molecule has 1 N–H and O–H groups in total. The summed E-state index contributed by atoms with van der Waals surface area (Å²) in [5.74, 6) is 0. The Morgan fingerprint density at radius 3 is 2.90 bits per heavy atom. The summed E-state index contributed by atoms with van der Waals surface area (Å²) in [6.45, 7) is 4.98. The lowest BCUT2D eigenvalue weighted by atomic mass is 10.3. The maximum Gasteiger partial charge on any atom is 0.0953 e. The summed E-state index contributed by atoms with van der Waals surface area (Å²) in [7, 11) is 3.61. The van der Waals surface area contributed by atoms with E-state index in [1.807, 2.05) is 28.8 Å². The highest BCUT2D eigenvalue weighted by molar-refractivity contribution is 6.31. The lowest BCUT2D eigenvalue weighted by Gasteiger charge is -2.04. The zero-order valence-corrected chi connectivity index (χ0v) is 13.5. The monoisotopic (exact) mass is 311 g/mol. The average Bonchev–Trinajstić information content (AvgIpc) is 3.03. The molecule has 0 spiro atoms. The summed E-state index contributed by atoms with van der Waals surface area (Å²) >= 11 is 6.36. The lowest BCUT2D eigenvalue weighted by molar-refractivity contribution is 0.199. The second kappa shape index (κ2) is 7.59. The molecule has 0 amide bonds. The number of hydrogen-bond acceptors (Lipinski definition) is 4. The highest BCUT2D eigenvalue weighted by Crippen LogP contribution is 2.21. The van der Waals surface area contributed by atoms with Gasteiger partial charge < -0.3 is 14.6 Å². The van der Waals surface area contributed by atoms with Gasteiger partial charge in [-0.2, -0.15) is 5.10 Å². The van der Waals surface area contributed by atoms with Gasteiger partial charge in [0.2, 0.25) is 0 Å². The first-order chi connectivity index (χ1) is 10.2. The van der Waals surface area contributed by atoms with E-state index in [0.29, 0.717) is 13.2 Å². The molecule has 0 atom stereocenters. The van der Waals surface area contributed by atoms with Crippen LogP contribution in [-0.2, 0) is 31.3 Å². The summed E-state index contributed by atoms with van der Waals surface area (Å²) < 4.78 is 8.86. The number of nitrogens with one attached hydrogen (secondary N) is 1. The van der Waals surface area contributed by atoms with E-state index in [9.17, 15) is 0 Å². The largest absolute Gasteiger partial charge is 0.383 e. The van der Waals surface area contributed by atoms with Gasteiger partial charge in [-0.05, 0) is 6.42 Å². The molecule has 0 bridgehead atoms. The molecule has 0 saturated carbocycles. The Bertz CT molecular complexity index is 578. The van der Waals surface area contributed by atoms with Crippen molar-refractivity contribution >= 4 is 11.6 Å². The summed E-state index contributed by atoms with van der Waals surface area (Å²) in [6, 6.07) is 0. The summed E-state index contributed by atoms with van der Waals surface area (Å²) in [4.78, 5) is 4.38. The fraction of sp³-hybridized carbons (Fsp3) is 0.571. The predicted molar refractivity (Wildman–Crippen MR) is 82.5 cm³/mol. The van der Waals surface area contributed by atoms with Gasteiger partial charge in [-0.3, -0.25) is 4.68 Å². The van der Waals surface area contributed by atoms with E-state index >= 15 is 0 Å². The molecule has 2 aromatic heterocycles. The van der Waals surface area contributed by atoms with Crippen molar-refractivity contribution in [3.05, 3.63) is 34.6 Å². The molecule has 7 heteroatoms. The lowest BCUT2D eigenvalue weighted by Crippen LogP contribution is -2.18. The van der Waals surface area contributed by atoms with Gasteiger partial charge >= 0.3 is 0 Å². The number of rotatable bonds is 8. The zero-order valence-electron chi connectivity index (χ0n) is 12.8. The topological polar surface area (TPSA) is 56.9 Å². The number of ether oxygens (including phenoxy) is 1. The van der Waals surface area contributed by atoms with Crippen molar-refractivity contribution in [1.82, 2.24) is 24.6 Å². The fourth-order valence-corrected chi connectivity index (χ4v) is 2.49. The van der Waals surface area contributed by atoms with Crippen LogP contribution in [0.5, 0.6) is 0 Å². The van der Waals surface area contributed by atoms with Crippen molar-refractivity contribution in [3.63, 3.8) is 0 Å². The Morgan fingerprint density at radius 1 is 1.43 bits per heavy atom. The first-order valence-corrected chi connectivity index (χ1v) is 7.44. The SMILES string of the molecule is CCc1nn(C)c(Cn2cnc(CNCCOC)c2)c1Cl. The van der Waals surface area contributed by atoms with Crippen LogP contribution in [0.3, 0.4) is 0 Å². The van der Waals surface area contributed by atoms with E-state index < -0.39 is 0 Å². The molecular formula is C14H22ClN5O. The Labute approximate surface area is 130 Å². The van der Waals surface area contributed by atoms with E-state index in [1.54, 1.807) is 7.11 Å². The third-order valence-corrected chi connectivity index (χ3v) is 3.75. The molecule has 0 fully saturated rings. The van der Waals surface area contributed by atoms with Gasteiger partial charge in [-0.15, -0.1) is 0 Å². The number of nitrogens with zero attached hydrogens (tertiary/aromatic N) is 4. The van der Waals surface area contributed by atoms with Crippen LogP contribution in [0.15, 0.2) is 12.5 Å². The molecule has 0 aromatic carbocycles. The zero-order chi connectivity index (χ0) is 15.2. The van der Waals surface area contributed by atoms with Crippen LogP contribution in [0.2, 0.25) is 5.02 Å². The molecule has 2 rings (SSSR count). The predicted octanol–water partition coefficient (Wildman–Crippen LogP) is 1.62. The minimum atomic E-state index is 0.674. The molecule has 0 aliphatic rings. The number of methoxy groups -OCH3 is 1. The van der Waals surface area contributed by atoms with Crippen LogP contribution in [0.25, 0.3) is 0 Å². The Kier molecular flexibility index (Phi) is 5.78. The summed E-state index contributed by atoms with van der Waals surface area (Å²) in [5, 5.41) is 8.46. The molecule has 0 aliphatic heterocycles. The molecule has 0 unspecified atom stereocenters. The van der Waals surface area contributed by atoms with Crippen molar-refractivity contribution in [2.24, 2.45) is 7.05 Å². The molecule has 2 heterocycles. The third kappa shape index (κ3) is 4.06. The smallest absolute Gasteiger partial charge is 0.0953 e. The summed E-state index contributed by atoms with van der Waals surface area (Å²) in [5.41, 5.74) is 2.95.